The first kappa shape index (κ1) is 11.4. The molecule has 88 valence electrons. The molecule has 4 heteroatoms. The molecule has 0 spiro atoms. The molecule has 0 aliphatic rings. The highest BCUT2D eigenvalue weighted by Crippen LogP contribution is 2.17. The number of methoxy groups -OCH3 is 1. The molecule has 0 aliphatic heterocycles. The van der Waals surface area contributed by atoms with Crippen LogP contribution in [0.5, 0.6) is 5.75 Å². The third kappa shape index (κ3) is 2.72. The van der Waals surface area contributed by atoms with Crippen LogP contribution in [0.2, 0.25) is 0 Å². The molecule has 1 heterocycles. The molecule has 2 rings (SSSR count). The average molecular weight is 229 g/mol. The van der Waals surface area contributed by atoms with Gasteiger partial charge in [-0.15, -0.1) is 0 Å². The van der Waals surface area contributed by atoms with Crippen molar-refractivity contribution < 1.29 is 4.74 Å². The van der Waals surface area contributed by atoms with E-state index >= 15 is 0 Å². The summed E-state index contributed by atoms with van der Waals surface area (Å²) in [5.74, 6) is 0.870. The maximum Gasteiger partial charge on any atom is 0.123 e. The summed E-state index contributed by atoms with van der Waals surface area (Å²) >= 11 is 0. The highest BCUT2D eigenvalue weighted by molar-refractivity contribution is 5.76. The van der Waals surface area contributed by atoms with Gasteiger partial charge in [-0.2, -0.15) is 0 Å². The number of benzene rings is 1. The zero-order valence-electron chi connectivity index (χ0n) is 10.00. The quantitative estimate of drug-likeness (QED) is 0.753. The number of hydrogen-bond donors (Lipinski definition) is 0. The molecule has 0 unspecified atom stereocenters. The molecule has 17 heavy (non-hydrogen) atoms. The molecule has 0 atom stereocenters. The second kappa shape index (κ2) is 5.30. The molecular formula is C13H15N3O. The molecule has 4 nitrogen and oxygen atoms in total. The van der Waals surface area contributed by atoms with Crippen LogP contribution in [-0.2, 0) is 13.6 Å². The van der Waals surface area contributed by atoms with E-state index < -0.39 is 0 Å². The Morgan fingerprint density at radius 3 is 2.94 bits per heavy atom. The van der Waals surface area contributed by atoms with Crippen LogP contribution in [0.25, 0.3) is 0 Å². The molecule has 0 saturated heterocycles. The molecule has 0 radical (unpaired) electrons. The number of aromatic nitrogens is 2. The summed E-state index contributed by atoms with van der Waals surface area (Å²) < 4.78 is 7.19. The molecule has 0 fully saturated rings. The average Bonchev–Trinajstić information content (AvgIpc) is 2.76. The van der Waals surface area contributed by atoms with Gasteiger partial charge in [0.25, 0.3) is 0 Å². The molecule has 0 saturated carbocycles. The van der Waals surface area contributed by atoms with Crippen molar-refractivity contribution in [1.82, 2.24) is 9.55 Å². The Kier molecular flexibility index (Phi) is 3.55. The van der Waals surface area contributed by atoms with E-state index in [-0.39, 0.29) is 0 Å². The van der Waals surface area contributed by atoms with Crippen molar-refractivity contribution in [2.24, 2.45) is 12.0 Å². The number of aliphatic imine (C=N–C) groups is 1. The normalized spacial score (nSPS) is 10.9. The Morgan fingerprint density at radius 1 is 1.41 bits per heavy atom. The minimum atomic E-state index is 0.606. The minimum Gasteiger partial charge on any atom is -0.496 e. The van der Waals surface area contributed by atoms with Crippen LogP contribution in [0.3, 0.4) is 0 Å². The van der Waals surface area contributed by atoms with Crippen LogP contribution in [0, 0.1) is 0 Å². The highest BCUT2D eigenvalue weighted by atomic mass is 16.5. The number of para-hydroxylation sites is 1. The van der Waals surface area contributed by atoms with E-state index in [9.17, 15) is 0 Å². The Bertz CT molecular complexity index is 517. The molecule has 0 amide bonds. The van der Waals surface area contributed by atoms with E-state index in [1.165, 1.54) is 0 Å². The monoisotopic (exact) mass is 229 g/mol. The molecular weight excluding hydrogens is 214 g/mol. The summed E-state index contributed by atoms with van der Waals surface area (Å²) in [6, 6.07) is 7.89. The molecule has 0 aliphatic carbocycles. The van der Waals surface area contributed by atoms with E-state index in [1.54, 1.807) is 19.6 Å². The van der Waals surface area contributed by atoms with E-state index in [1.807, 2.05) is 42.1 Å². The topological polar surface area (TPSA) is 39.4 Å². The Balaban J connectivity index is 2.07. The summed E-state index contributed by atoms with van der Waals surface area (Å²) in [4.78, 5) is 8.42. The zero-order chi connectivity index (χ0) is 12.1. The summed E-state index contributed by atoms with van der Waals surface area (Å²) in [5, 5.41) is 0. The van der Waals surface area contributed by atoms with Gasteiger partial charge in [0.1, 0.15) is 5.75 Å². The van der Waals surface area contributed by atoms with E-state index in [0.29, 0.717) is 6.54 Å². The number of nitrogens with zero attached hydrogens (tertiary/aromatic N) is 3. The molecule has 1 aromatic carbocycles. The molecule has 2 aromatic rings. The van der Waals surface area contributed by atoms with Gasteiger partial charge in [-0.05, 0) is 6.07 Å². The third-order valence-electron chi connectivity index (χ3n) is 2.53. The molecule has 0 bridgehead atoms. The predicted molar refractivity (Wildman–Crippen MR) is 67.5 cm³/mol. The van der Waals surface area contributed by atoms with Gasteiger partial charge in [0.15, 0.2) is 0 Å². The number of imidazole rings is 1. The number of aryl methyl sites for hydroxylation is 1. The number of rotatable bonds is 4. The second-order valence-corrected chi connectivity index (χ2v) is 3.71. The van der Waals surface area contributed by atoms with Crippen LogP contribution >= 0.6 is 0 Å². The van der Waals surface area contributed by atoms with E-state index in [2.05, 4.69) is 9.98 Å². The van der Waals surface area contributed by atoms with Crippen molar-refractivity contribution >= 4 is 6.21 Å². The van der Waals surface area contributed by atoms with E-state index in [4.69, 9.17) is 4.74 Å². The third-order valence-corrected chi connectivity index (χ3v) is 2.53. The first-order valence-corrected chi connectivity index (χ1v) is 5.39. The summed E-state index contributed by atoms with van der Waals surface area (Å²) in [7, 11) is 3.61. The SMILES string of the molecule is COc1ccccc1CN=Cc1cncn1C. The van der Waals surface area contributed by atoms with Gasteiger partial charge in [-0.3, -0.25) is 4.99 Å². The number of ether oxygens (including phenoxy) is 1. The highest BCUT2D eigenvalue weighted by Gasteiger charge is 1.99. The first-order chi connectivity index (χ1) is 8.31. The molecule has 1 aromatic heterocycles. The van der Waals surface area contributed by atoms with Crippen molar-refractivity contribution in [2.75, 3.05) is 7.11 Å². The first-order valence-electron chi connectivity index (χ1n) is 5.39. The van der Waals surface area contributed by atoms with Gasteiger partial charge in [0.05, 0.1) is 31.9 Å². The lowest BCUT2D eigenvalue weighted by molar-refractivity contribution is 0.410. The van der Waals surface area contributed by atoms with Crippen LogP contribution in [0.15, 0.2) is 41.8 Å². The lowest BCUT2D eigenvalue weighted by Crippen LogP contribution is -1.94. The van der Waals surface area contributed by atoms with Gasteiger partial charge >= 0.3 is 0 Å². The van der Waals surface area contributed by atoms with Crippen LogP contribution in [0.1, 0.15) is 11.3 Å². The van der Waals surface area contributed by atoms with Crippen LogP contribution in [0.4, 0.5) is 0 Å². The van der Waals surface area contributed by atoms with Crippen molar-refractivity contribution in [1.29, 1.82) is 0 Å². The Morgan fingerprint density at radius 2 is 2.24 bits per heavy atom. The largest absolute Gasteiger partial charge is 0.496 e. The smallest absolute Gasteiger partial charge is 0.123 e. The van der Waals surface area contributed by atoms with Gasteiger partial charge in [-0.25, -0.2) is 4.98 Å². The minimum absolute atomic E-state index is 0.606. The van der Waals surface area contributed by atoms with Crippen molar-refractivity contribution in [3.63, 3.8) is 0 Å². The van der Waals surface area contributed by atoms with Crippen LogP contribution in [-0.4, -0.2) is 22.9 Å². The Hall–Kier alpha value is -2.10. The second-order valence-electron chi connectivity index (χ2n) is 3.71. The van der Waals surface area contributed by atoms with Crippen molar-refractivity contribution in [3.05, 3.63) is 48.0 Å². The van der Waals surface area contributed by atoms with Crippen molar-refractivity contribution in [2.45, 2.75) is 6.54 Å². The molecule has 0 N–H and O–H groups in total. The van der Waals surface area contributed by atoms with Crippen LogP contribution < -0.4 is 4.74 Å². The van der Waals surface area contributed by atoms with E-state index in [0.717, 1.165) is 17.0 Å². The zero-order valence-corrected chi connectivity index (χ0v) is 10.00. The van der Waals surface area contributed by atoms with Crippen molar-refractivity contribution in [3.8, 4) is 5.75 Å². The fourth-order valence-corrected chi connectivity index (χ4v) is 1.56. The lowest BCUT2D eigenvalue weighted by Gasteiger charge is -2.04. The maximum absolute atomic E-state index is 5.27. The summed E-state index contributed by atoms with van der Waals surface area (Å²) in [5.41, 5.74) is 2.06. The maximum atomic E-state index is 5.27. The fourth-order valence-electron chi connectivity index (χ4n) is 1.56. The van der Waals surface area contributed by atoms with Gasteiger partial charge < -0.3 is 9.30 Å². The standard InChI is InChI=1S/C13H15N3O/c1-16-10-15-9-12(16)8-14-7-11-5-3-4-6-13(11)17-2/h3-6,8-10H,7H2,1-2H3. The van der Waals surface area contributed by atoms with Gasteiger partial charge in [0.2, 0.25) is 0 Å². The van der Waals surface area contributed by atoms with Gasteiger partial charge in [0, 0.05) is 18.8 Å². The fraction of sp³-hybridized carbons (Fsp3) is 0.231. The summed E-state index contributed by atoms with van der Waals surface area (Å²) in [6.07, 6.45) is 5.36. The number of hydrogen-bond acceptors (Lipinski definition) is 3. The predicted octanol–water partition coefficient (Wildman–Crippen LogP) is 2.05. The summed E-state index contributed by atoms with van der Waals surface area (Å²) in [6.45, 7) is 0.606. The lowest BCUT2D eigenvalue weighted by atomic mass is 10.2. The Labute approximate surface area is 101 Å². The van der Waals surface area contributed by atoms with Gasteiger partial charge in [-0.1, -0.05) is 18.2 Å².